The van der Waals surface area contributed by atoms with Crippen molar-refractivity contribution in [2.75, 3.05) is 37.4 Å². The lowest BCUT2D eigenvalue weighted by Crippen LogP contribution is -2.33. The lowest BCUT2D eigenvalue weighted by molar-refractivity contribution is 0.0680. The maximum atomic E-state index is 13.1. The zero-order chi connectivity index (χ0) is 19.4. The molecule has 2 aromatic carbocycles. The van der Waals surface area contributed by atoms with Crippen molar-refractivity contribution in [1.29, 1.82) is 0 Å². The molecule has 0 aromatic heterocycles. The number of sulfonamides is 1. The second kappa shape index (κ2) is 8.10. The summed E-state index contributed by atoms with van der Waals surface area (Å²) in [5.74, 6) is -0.0866. The Balaban J connectivity index is 1.84. The molecule has 0 saturated carbocycles. The minimum absolute atomic E-state index is 0.0866. The number of hydrogen-bond donors (Lipinski definition) is 0. The summed E-state index contributed by atoms with van der Waals surface area (Å²) in [7, 11) is -1.69. The predicted octanol–water partition coefficient (Wildman–Crippen LogP) is 2.30. The number of nitrogens with zero attached hydrogens (tertiary/aromatic N) is 2. The number of carbonyl (C=O) groups excluding carboxylic acids is 1. The highest BCUT2D eigenvalue weighted by Gasteiger charge is 2.27. The maximum absolute atomic E-state index is 13.1. The van der Waals surface area contributed by atoms with E-state index in [1.165, 1.54) is 10.6 Å². The molecular weight excluding hydrogens is 364 g/mol. The molecule has 1 amide bonds. The monoisotopic (exact) mass is 388 g/mol. The Bertz CT molecular complexity index is 913. The largest absolute Gasteiger partial charge is 0.383 e. The quantitative estimate of drug-likeness (QED) is 0.730. The van der Waals surface area contributed by atoms with Crippen LogP contribution in [0.1, 0.15) is 21.5 Å². The number of methoxy groups -OCH3 is 1. The van der Waals surface area contributed by atoms with Gasteiger partial charge in [0.1, 0.15) is 0 Å². The normalized spacial score (nSPS) is 13.5. The van der Waals surface area contributed by atoms with E-state index >= 15 is 0 Å². The Hall–Kier alpha value is -2.38. The van der Waals surface area contributed by atoms with E-state index < -0.39 is 10.0 Å². The minimum Gasteiger partial charge on any atom is -0.383 e. The van der Waals surface area contributed by atoms with Gasteiger partial charge >= 0.3 is 0 Å². The molecule has 0 atom stereocenters. The van der Waals surface area contributed by atoms with Crippen molar-refractivity contribution in [3.63, 3.8) is 0 Å². The minimum atomic E-state index is -3.30. The predicted molar refractivity (Wildman–Crippen MR) is 105 cm³/mol. The fraction of sp³-hybridized carbons (Fsp3) is 0.350. The van der Waals surface area contributed by atoms with Gasteiger partial charge in [0.2, 0.25) is 10.0 Å². The summed E-state index contributed by atoms with van der Waals surface area (Å²) in [6.45, 7) is 1.85. The zero-order valence-corrected chi connectivity index (χ0v) is 16.4. The third-order valence-electron chi connectivity index (χ3n) is 4.65. The molecule has 7 heteroatoms. The van der Waals surface area contributed by atoms with E-state index in [-0.39, 0.29) is 5.91 Å². The van der Waals surface area contributed by atoms with Gasteiger partial charge in [-0.25, -0.2) is 8.42 Å². The van der Waals surface area contributed by atoms with E-state index in [0.29, 0.717) is 43.9 Å². The van der Waals surface area contributed by atoms with Crippen LogP contribution in [-0.4, -0.2) is 52.3 Å². The Kier molecular flexibility index (Phi) is 5.82. The number of rotatable bonds is 7. The van der Waals surface area contributed by atoms with E-state index in [9.17, 15) is 13.2 Å². The maximum Gasteiger partial charge on any atom is 0.254 e. The smallest absolute Gasteiger partial charge is 0.254 e. The van der Waals surface area contributed by atoms with Crippen molar-refractivity contribution < 1.29 is 17.9 Å². The highest BCUT2D eigenvalue weighted by atomic mass is 32.2. The highest BCUT2D eigenvalue weighted by molar-refractivity contribution is 7.92. The van der Waals surface area contributed by atoms with E-state index in [1.807, 2.05) is 36.4 Å². The van der Waals surface area contributed by atoms with Crippen LogP contribution in [0, 0.1) is 0 Å². The van der Waals surface area contributed by atoms with E-state index in [2.05, 4.69) is 0 Å². The van der Waals surface area contributed by atoms with Gasteiger partial charge in [0.15, 0.2) is 0 Å². The van der Waals surface area contributed by atoms with E-state index in [4.69, 9.17) is 4.74 Å². The van der Waals surface area contributed by atoms with Crippen LogP contribution in [0.3, 0.4) is 0 Å². The van der Waals surface area contributed by atoms with E-state index in [1.54, 1.807) is 24.1 Å². The number of ether oxygens (including phenoxy) is 1. The van der Waals surface area contributed by atoms with Gasteiger partial charge in [-0.1, -0.05) is 30.3 Å². The van der Waals surface area contributed by atoms with Gasteiger partial charge in [0, 0.05) is 32.3 Å². The molecular formula is C20H24N2O4S. The molecule has 0 spiro atoms. The number of carbonyl (C=O) groups is 1. The molecule has 1 aliphatic heterocycles. The summed E-state index contributed by atoms with van der Waals surface area (Å²) in [4.78, 5) is 14.8. The lowest BCUT2D eigenvalue weighted by atomic mass is 10.1. The molecule has 0 bridgehead atoms. The molecule has 0 N–H and O–H groups in total. The molecule has 3 rings (SSSR count). The van der Waals surface area contributed by atoms with Gasteiger partial charge in [0.25, 0.3) is 5.91 Å². The molecule has 144 valence electrons. The van der Waals surface area contributed by atoms with Gasteiger partial charge < -0.3 is 9.64 Å². The fourth-order valence-corrected chi connectivity index (χ4v) is 4.25. The average Bonchev–Trinajstić information content (AvgIpc) is 3.09. The third kappa shape index (κ3) is 4.48. The van der Waals surface area contributed by atoms with Crippen LogP contribution in [0.2, 0.25) is 0 Å². The van der Waals surface area contributed by atoms with Crippen molar-refractivity contribution in [3.05, 3.63) is 65.2 Å². The number of fused-ring (bicyclic) bond motifs is 1. The molecule has 1 heterocycles. The molecule has 0 unspecified atom stereocenters. The summed E-state index contributed by atoms with van der Waals surface area (Å²) < 4.78 is 30.3. The Morgan fingerprint density at radius 1 is 1.19 bits per heavy atom. The Morgan fingerprint density at radius 2 is 1.93 bits per heavy atom. The van der Waals surface area contributed by atoms with Gasteiger partial charge in [-0.15, -0.1) is 0 Å². The van der Waals surface area contributed by atoms with Crippen LogP contribution in [0.4, 0.5) is 5.69 Å². The third-order valence-corrected chi connectivity index (χ3v) is 5.83. The van der Waals surface area contributed by atoms with Gasteiger partial charge in [0.05, 0.1) is 18.6 Å². The molecule has 6 nitrogen and oxygen atoms in total. The van der Waals surface area contributed by atoms with Gasteiger partial charge in [-0.3, -0.25) is 9.10 Å². The second-order valence-corrected chi connectivity index (χ2v) is 8.54. The van der Waals surface area contributed by atoms with Crippen molar-refractivity contribution >= 4 is 21.6 Å². The Morgan fingerprint density at radius 3 is 2.59 bits per heavy atom. The first-order chi connectivity index (χ1) is 12.9. The van der Waals surface area contributed by atoms with Crippen LogP contribution in [0.5, 0.6) is 0 Å². The first-order valence-electron chi connectivity index (χ1n) is 8.83. The molecule has 0 aliphatic carbocycles. The fourth-order valence-electron chi connectivity index (χ4n) is 3.29. The van der Waals surface area contributed by atoms with Crippen LogP contribution in [-0.2, 0) is 27.7 Å². The zero-order valence-electron chi connectivity index (χ0n) is 15.6. The summed E-state index contributed by atoms with van der Waals surface area (Å²) in [5, 5.41) is 0. The summed E-state index contributed by atoms with van der Waals surface area (Å²) in [6, 6.07) is 15.1. The first-order valence-corrected chi connectivity index (χ1v) is 10.7. The SMILES string of the molecule is COCCN(Cc1ccccc1)C(=O)c1ccc2c(c1)CCN2S(C)(=O)=O. The number of anilines is 1. The molecule has 0 saturated heterocycles. The van der Waals surface area contributed by atoms with Crippen LogP contribution in [0.15, 0.2) is 48.5 Å². The van der Waals surface area contributed by atoms with Crippen molar-refractivity contribution in [1.82, 2.24) is 4.90 Å². The highest BCUT2D eigenvalue weighted by Crippen LogP contribution is 2.31. The number of hydrogen-bond acceptors (Lipinski definition) is 4. The molecule has 27 heavy (non-hydrogen) atoms. The Labute approximate surface area is 160 Å². The standard InChI is InChI=1S/C20H24N2O4S/c1-26-13-12-21(15-16-6-4-3-5-7-16)20(23)18-8-9-19-17(14-18)10-11-22(19)27(2,24)25/h3-9,14H,10-13,15H2,1-2H3. The second-order valence-electron chi connectivity index (χ2n) is 6.63. The van der Waals surface area contributed by atoms with Gasteiger partial charge in [-0.2, -0.15) is 0 Å². The van der Waals surface area contributed by atoms with Crippen molar-refractivity contribution in [2.24, 2.45) is 0 Å². The number of amides is 1. The first kappa shape index (κ1) is 19.4. The van der Waals surface area contributed by atoms with Crippen LogP contribution >= 0.6 is 0 Å². The molecule has 2 aromatic rings. The summed E-state index contributed by atoms with van der Waals surface area (Å²) >= 11 is 0. The van der Waals surface area contributed by atoms with Crippen LogP contribution < -0.4 is 4.31 Å². The average molecular weight is 388 g/mol. The van der Waals surface area contributed by atoms with Gasteiger partial charge in [-0.05, 0) is 35.7 Å². The van der Waals surface area contributed by atoms with E-state index in [0.717, 1.165) is 11.1 Å². The molecule has 0 radical (unpaired) electrons. The van der Waals surface area contributed by atoms with Crippen LogP contribution in [0.25, 0.3) is 0 Å². The number of benzene rings is 2. The van der Waals surface area contributed by atoms with Crippen molar-refractivity contribution in [3.8, 4) is 0 Å². The lowest BCUT2D eigenvalue weighted by Gasteiger charge is -2.23. The van der Waals surface area contributed by atoms with Crippen molar-refractivity contribution in [2.45, 2.75) is 13.0 Å². The topological polar surface area (TPSA) is 66.9 Å². The summed E-state index contributed by atoms with van der Waals surface area (Å²) in [5.41, 5.74) is 3.17. The molecule has 1 aliphatic rings. The molecule has 0 fully saturated rings. The summed E-state index contributed by atoms with van der Waals surface area (Å²) in [6.07, 6.45) is 1.81.